The molecule has 2 atom stereocenters. The third-order valence-electron chi connectivity index (χ3n) is 3.23. The van der Waals surface area contributed by atoms with E-state index in [0.29, 0.717) is 18.1 Å². The second-order valence-corrected chi connectivity index (χ2v) is 6.34. The number of nitrogens with two attached hydrogens (primary N) is 1. The van der Waals surface area contributed by atoms with E-state index in [-0.39, 0.29) is 5.25 Å². The topological polar surface area (TPSA) is 84.7 Å². The highest BCUT2D eigenvalue weighted by Gasteiger charge is 2.11. The average Bonchev–Trinajstić information content (AvgIpc) is 2.70. The van der Waals surface area contributed by atoms with E-state index in [2.05, 4.69) is 11.1 Å². The minimum absolute atomic E-state index is 0.107. The van der Waals surface area contributed by atoms with Gasteiger partial charge in [-0.2, -0.15) is 5.26 Å². The number of hydrogen-bond acceptors (Lipinski definition) is 4. The van der Waals surface area contributed by atoms with Gasteiger partial charge < -0.3 is 10.3 Å². The number of rotatable bonds is 4. The number of anilines is 1. The van der Waals surface area contributed by atoms with Gasteiger partial charge in [0, 0.05) is 28.9 Å². The van der Waals surface area contributed by atoms with E-state index >= 15 is 0 Å². The van der Waals surface area contributed by atoms with Gasteiger partial charge in [-0.3, -0.25) is 4.21 Å². The van der Waals surface area contributed by atoms with Crippen LogP contribution in [0.3, 0.4) is 0 Å². The molecule has 6 heteroatoms. The Hall–Kier alpha value is -1.87. The van der Waals surface area contributed by atoms with Crippen LogP contribution in [0, 0.1) is 11.3 Å². The number of nitriles is 1. The lowest BCUT2D eigenvalue weighted by atomic mass is 10.2. The standard InChI is InChI=1S/C13H16N4OS/c1-9(19(2)18)5-6-17-12-7-10(8-14)3-4-11(12)16-13(17)15/h3-4,7,9H,5-6H2,1-2H3,(H2,15,16). The number of hydrogen-bond donors (Lipinski definition) is 1. The van der Waals surface area contributed by atoms with Gasteiger partial charge in [-0.15, -0.1) is 0 Å². The molecule has 0 aliphatic heterocycles. The third kappa shape index (κ3) is 2.76. The summed E-state index contributed by atoms with van der Waals surface area (Å²) in [6.07, 6.45) is 2.46. The van der Waals surface area contributed by atoms with Crippen LogP contribution in [-0.2, 0) is 17.3 Å². The lowest BCUT2D eigenvalue weighted by molar-refractivity contribution is 0.633. The average molecular weight is 276 g/mol. The second kappa shape index (κ2) is 5.41. The molecular formula is C13H16N4OS. The van der Waals surface area contributed by atoms with Crippen molar-refractivity contribution in [3.8, 4) is 6.07 Å². The maximum Gasteiger partial charge on any atom is 0.201 e. The number of fused-ring (bicyclic) bond motifs is 1. The second-order valence-electron chi connectivity index (χ2n) is 4.53. The van der Waals surface area contributed by atoms with Gasteiger partial charge in [0.1, 0.15) is 0 Å². The van der Waals surface area contributed by atoms with Gasteiger partial charge in [-0.05, 0) is 24.6 Å². The van der Waals surface area contributed by atoms with Crippen LogP contribution in [0.25, 0.3) is 11.0 Å². The quantitative estimate of drug-likeness (QED) is 0.920. The monoisotopic (exact) mass is 276 g/mol. The number of imidazole rings is 1. The van der Waals surface area contributed by atoms with E-state index in [4.69, 9.17) is 11.0 Å². The zero-order valence-electron chi connectivity index (χ0n) is 11.0. The van der Waals surface area contributed by atoms with Gasteiger partial charge in [0.25, 0.3) is 0 Å². The summed E-state index contributed by atoms with van der Waals surface area (Å²) < 4.78 is 13.2. The van der Waals surface area contributed by atoms with Gasteiger partial charge >= 0.3 is 0 Å². The highest BCUT2D eigenvalue weighted by molar-refractivity contribution is 7.84. The molecule has 0 amide bonds. The molecule has 0 saturated carbocycles. The van der Waals surface area contributed by atoms with Crippen molar-refractivity contribution < 1.29 is 4.21 Å². The predicted octanol–water partition coefficient (Wildman–Crippen LogP) is 1.65. The first-order chi connectivity index (χ1) is 9.02. The SMILES string of the molecule is CC(CCn1c(N)nc2ccc(C#N)cc21)S(C)=O. The van der Waals surface area contributed by atoms with Crippen LogP contribution in [0.15, 0.2) is 18.2 Å². The van der Waals surface area contributed by atoms with Gasteiger partial charge in [-0.25, -0.2) is 4.98 Å². The molecule has 0 saturated heterocycles. The Balaban J connectivity index is 2.34. The molecule has 0 spiro atoms. The molecule has 5 nitrogen and oxygen atoms in total. The normalized spacial score (nSPS) is 14.2. The van der Waals surface area contributed by atoms with Crippen LogP contribution in [0.1, 0.15) is 18.9 Å². The van der Waals surface area contributed by atoms with Crippen molar-refractivity contribution in [3.05, 3.63) is 23.8 Å². The van der Waals surface area contributed by atoms with Crippen molar-refractivity contribution in [2.24, 2.45) is 0 Å². The molecule has 0 aliphatic rings. The third-order valence-corrected chi connectivity index (χ3v) is 4.60. The summed E-state index contributed by atoms with van der Waals surface area (Å²) in [5.74, 6) is 0.430. The van der Waals surface area contributed by atoms with Crippen molar-refractivity contribution in [2.45, 2.75) is 25.1 Å². The Bertz CT molecular complexity index is 671. The van der Waals surface area contributed by atoms with Crippen molar-refractivity contribution in [3.63, 3.8) is 0 Å². The van der Waals surface area contributed by atoms with Crippen molar-refractivity contribution in [2.75, 3.05) is 12.0 Å². The molecule has 1 aromatic heterocycles. The highest BCUT2D eigenvalue weighted by Crippen LogP contribution is 2.20. The van der Waals surface area contributed by atoms with E-state index < -0.39 is 10.8 Å². The molecule has 0 radical (unpaired) electrons. The number of aryl methyl sites for hydroxylation is 1. The molecule has 1 aromatic carbocycles. The first-order valence-electron chi connectivity index (χ1n) is 6.01. The number of nitrogens with zero attached hydrogens (tertiary/aromatic N) is 3. The van der Waals surface area contributed by atoms with Crippen LogP contribution < -0.4 is 5.73 Å². The number of aromatic nitrogens is 2. The Morgan fingerprint density at radius 2 is 2.32 bits per heavy atom. The molecule has 0 fully saturated rings. The van der Waals surface area contributed by atoms with Crippen molar-refractivity contribution in [1.29, 1.82) is 5.26 Å². The molecule has 2 rings (SSSR count). The van der Waals surface area contributed by atoms with Gasteiger partial charge in [0.05, 0.1) is 22.7 Å². The number of nitrogen functional groups attached to an aromatic ring is 1. The largest absolute Gasteiger partial charge is 0.369 e. The Morgan fingerprint density at radius 3 is 2.95 bits per heavy atom. The summed E-state index contributed by atoms with van der Waals surface area (Å²) in [6.45, 7) is 2.60. The predicted molar refractivity (Wildman–Crippen MR) is 77.0 cm³/mol. The van der Waals surface area contributed by atoms with Gasteiger partial charge in [0.2, 0.25) is 5.95 Å². The van der Waals surface area contributed by atoms with Gasteiger partial charge in [-0.1, -0.05) is 6.92 Å². The fraction of sp³-hybridized carbons (Fsp3) is 0.385. The Morgan fingerprint density at radius 1 is 1.58 bits per heavy atom. The maximum atomic E-state index is 11.4. The summed E-state index contributed by atoms with van der Waals surface area (Å²) in [5.41, 5.74) is 8.12. The van der Waals surface area contributed by atoms with Crippen LogP contribution in [0.4, 0.5) is 5.95 Å². The van der Waals surface area contributed by atoms with Crippen LogP contribution in [0.2, 0.25) is 0 Å². The molecular weight excluding hydrogens is 260 g/mol. The summed E-state index contributed by atoms with van der Waals surface area (Å²) >= 11 is 0. The van der Waals surface area contributed by atoms with E-state index in [0.717, 1.165) is 17.5 Å². The van der Waals surface area contributed by atoms with E-state index in [1.54, 1.807) is 24.5 Å². The number of benzene rings is 1. The van der Waals surface area contributed by atoms with Crippen LogP contribution >= 0.6 is 0 Å². The molecule has 100 valence electrons. The Kier molecular flexibility index (Phi) is 3.86. The molecule has 2 unspecified atom stereocenters. The summed E-state index contributed by atoms with van der Waals surface area (Å²) in [4.78, 5) is 4.27. The summed E-state index contributed by atoms with van der Waals surface area (Å²) in [5, 5.41) is 9.04. The summed E-state index contributed by atoms with van der Waals surface area (Å²) in [6, 6.07) is 7.41. The van der Waals surface area contributed by atoms with Crippen LogP contribution in [0.5, 0.6) is 0 Å². The fourth-order valence-electron chi connectivity index (χ4n) is 1.92. The Labute approximate surface area is 114 Å². The first-order valence-corrected chi connectivity index (χ1v) is 7.63. The molecule has 19 heavy (non-hydrogen) atoms. The molecule has 2 aromatic rings. The lowest BCUT2D eigenvalue weighted by Gasteiger charge is -2.10. The minimum atomic E-state index is -0.845. The fourth-order valence-corrected chi connectivity index (χ4v) is 2.36. The van der Waals surface area contributed by atoms with E-state index in [1.165, 1.54) is 0 Å². The lowest BCUT2D eigenvalue weighted by Crippen LogP contribution is -2.14. The van der Waals surface area contributed by atoms with E-state index in [1.807, 2.05) is 11.5 Å². The first kappa shape index (κ1) is 13.6. The molecule has 0 bridgehead atoms. The van der Waals surface area contributed by atoms with Crippen molar-refractivity contribution >= 4 is 27.8 Å². The smallest absolute Gasteiger partial charge is 0.201 e. The maximum absolute atomic E-state index is 11.4. The van der Waals surface area contributed by atoms with Crippen LogP contribution in [-0.4, -0.2) is 25.3 Å². The zero-order valence-corrected chi connectivity index (χ0v) is 11.8. The highest BCUT2D eigenvalue weighted by atomic mass is 32.2. The van der Waals surface area contributed by atoms with E-state index in [9.17, 15) is 4.21 Å². The molecule has 1 heterocycles. The van der Waals surface area contributed by atoms with Gasteiger partial charge in [0.15, 0.2) is 0 Å². The molecule has 2 N–H and O–H groups in total. The summed E-state index contributed by atoms with van der Waals surface area (Å²) in [7, 11) is -0.845. The zero-order chi connectivity index (χ0) is 14.0. The minimum Gasteiger partial charge on any atom is -0.369 e. The van der Waals surface area contributed by atoms with Crippen molar-refractivity contribution in [1.82, 2.24) is 9.55 Å². The molecule has 0 aliphatic carbocycles.